The molecular formula is C18H23NO2. The maximum Gasteiger partial charge on any atom is 0.118 e. The Bertz CT molecular complexity index is 548. The Morgan fingerprint density at radius 2 is 1.67 bits per heavy atom. The van der Waals surface area contributed by atoms with E-state index in [-0.39, 0.29) is 6.04 Å². The number of aliphatic hydroxyl groups is 1. The van der Waals surface area contributed by atoms with Crippen molar-refractivity contribution in [3.8, 4) is 5.75 Å². The second kappa shape index (κ2) is 7.25. The number of ether oxygens (including phenoxy) is 1. The number of hydrogen-bond donors (Lipinski definition) is 2. The van der Waals surface area contributed by atoms with Crippen molar-refractivity contribution in [2.45, 2.75) is 32.5 Å². The summed E-state index contributed by atoms with van der Waals surface area (Å²) in [5, 5.41) is 13.7. The zero-order valence-electron chi connectivity index (χ0n) is 12.8. The van der Waals surface area contributed by atoms with Gasteiger partial charge in [0.1, 0.15) is 5.75 Å². The fourth-order valence-corrected chi connectivity index (χ4v) is 2.19. The zero-order chi connectivity index (χ0) is 15.2. The minimum Gasteiger partial charge on any atom is -0.497 e. The average Bonchev–Trinajstić information content (AvgIpc) is 2.53. The Balaban J connectivity index is 1.92. The van der Waals surface area contributed by atoms with Crippen molar-refractivity contribution < 1.29 is 9.84 Å². The average molecular weight is 285 g/mol. The molecule has 2 rings (SSSR count). The van der Waals surface area contributed by atoms with Crippen LogP contribution in [0.2, 0.25) is 0 Å². The lowest BCUT2D eigenvalue weighted by atomic mass is 10.0. The largest absolute Gasteiger partial charge is 0.497 e. The molecule has 2 unspecified atom stereocenters. The Labute approximate surface area is 126 Å². The summed E-state index contributed by atoms with van der Waals surface area (Å²) in [6.07, 6.45) is -0.540. The van der Waals surface area contributed by atoms with Crippen molar-refractivity contribution in [3.63, 3.8) is 0 Å². The number of hydrogen-bond acceptors (Lipinski definition) is 3. The van der Waals surface area contributed by atoms with Crippen molar-refractivity contribution in [1.82, 2.24) is 5.32 Å². The smallest absolute Gasteiger partial charge is 0.118 e. The monoisotopic (exact) mass is 285 g/mol. The summed E-state index contributed by atoms with van der Waals surface area (Å²) in [7, 11) is 1.64. The summed E-state index contributed by atoms with van der Waals surface area (Å²) in [6, 6.07) is 15.9. The highest BCUT2D eigenvalue weighted by atomic mass is 16.5. The molecule has 0 aliphatic heterocycles. The van der Waals surface area contributed by atoms with E-state index in [4.69, 9.17) is 4.74 Å². The van der Waals surface area contributed by atoms with Crippen LogP contribution in [0.4, 0.5) is 0 Å². The third-order valence-electron chi connectivity index (χ3n) is 3.68. The molecule has 0 fully saturated rings. The molecule has 112 valence electrons. The van der Waals surface area contributed by atoms with Gasteiger partial charge in [-0.2, -0.15) is 0 Å². The van der Waals surface area contributed by atoms with E-state index >= 15 is 0 Å². The van der Waals surface area contributed by atoms with Crippen molar-refractivity contribution in [2.75, 3.05) is 7.11 Å². The molecule has 0 heterocycles. The second-order valence-corrected chi connectivity index (χ2v) is 5.37. The lowest BCUT2D eigenvalue weighted by Crippen LogP contribution is -2.31. The van der Waals surface area contributed by atoms with Gasteiger partial charge in [-0.1, -0.05) is 42.0 Å². The molecule has 0 aromatic heterocycles. The maximum atomic E-state index is 10.4. The first kappa shape index (κ1) is 15.5. The zero-order valence-corrected chi connectivity index (χ0v) is 12.8. The van der Waals surface area contributed by atoms with Crippen LogP contribution in [0.5, 0.6) is 5.75 Å². The van der Waals surface area contributed by atoms with Gasteiger partial charge in [0.25, 0.3) is 0 Å². The van der Waals surface area contributed by atoms with Gasteiger partial charge in [-0.05, 0) is 37.1 Å². The minimum absolute atomic E-state index is 0.0281. The lowest BCUT2D eigenvalue weighted by Gasteiger charge is -2.21. The number of benzene rings is 2. The van der Waals surface area contributed by atoms with Crippen molar-refractivity contribution in [1.29, 1.82) is 0 Å². The number of aryl methyl sites for hydroxylation is 1. The molecule has 0 aliphatic rings. The summed E-state index contributed by atoms with van der Waals surface area (Å²) in [4.78, 5) is 0. The molecule has 0 amide bonds. The van der Waals surface area contributed by atoms with Crippen molar-refractivity contribution >= 4 is 0 Å². The van der Waals surface area contributed by atoms with Gasteiger partial charge in [0.2, 0.25) is 0 Å². The second-order valence-electron chi connectivity index (χ2n) is 5.37. The normalized spacial score (nSPS) is 13.7. The van der Waals surface area contributed by atoms with Crippen LogP contribution in [0.1, 0.15) is 29.7 Å². The Morgan fingerprint density at radius 3 is 2.24 bits per heavy atom. The number of rotatable bonds is 6. The van der Waals surface area contributed by atoms with E-state index in [1.54, 1.807) is 7.11 Å². The molecule has 3 heteroatoms. The highest BCUT2D eigenvalue weighted by Crippen LogP contribution is 2.20. The molecule has 2 aromatic carbocycles. The molecule has 0 saturated carbocycles. The Kier molecular flexibility index (Phi) is 5.37. The van der Waals surface area contributed by atoms with Gasteiger partial charge in [-0.3, -0.25) is 0 Å². The third-order valence-corrected chi connectivity index (χ3v) is 3.68. The van der Waals surface area contributed by atoms with Crippen LogP contribution in [-0.2, 0) is 6.54 Å². The van der Waals surface area contributed by atoms with Crippen LogP contribution in [-0.4, -0.2) is 18.3 Å². The summed E-state index contributed by atoms with van der Waals surface area (Å²) in [6.45, 7) is 4.81. The van der Waals surface area contributed by atoms with Crippen LogP contribution >= 0.6 is 0 Å². The minimum atomic E-state index is -0.540. The molecule has 0 bridgehead atoms. The van der Waals surface area contributed by atoms with Gasteiger partial charge in [0.15, 0.2) is 0 Å². The van der Waals surface area contributed by atoms with Gasteiger partial charge in [0, 0.05) is 12.6 Å². The molecule has 2 N–H and O–H groups in total. The van der Waals surface area contributed by atoms with E-state index in [9.17, 15) is 5.11 Å². The van der Waals surface area contributed by atoms with Crippen LogP contribution in [0.25, 0.3) is 0 Å². The highest BCUT2D eigenvalue weighted by molar-refractivity contribution is 5.29. The summed E-state index contributed by atoms with van der Waals surface area (Å²) >= 11 is 0. The van der Waals surface area contributed by atoms with Crippen molar-refractivity contribution in [2.24, 2.45) is 0 Å². The van der Waals surface area contributed by atoms with E-state index in [0.29, 0.717) is 0 Å². The molecule has 21 heavy (non-hydrogen) atoms. The Morgan fingerprint density at radius 1 is 1.05 bits per heavy atom. The fourth-order valence-electron chi connectivity index (χ4n) is 2.19. The van der Waals surface area contributed by atoms with E-state index in [2.05, 4.69) is 36.5 Å². The van der Waals surface area contributed by atoms with E-state index in [1.165, 1.54) is 11.1 Å². The number of methoxy groups -OCH3 is 1. The molecule has 2 aromatic rings. The molecule has 0 radical (unpaired) electrons. The third kappa shape index (κ3) is 4.31. The molecule has 2 atom stereocenters. The SMILES string of the molecule is COc1ccc(C(O)C(C)NCc2ccc(C)cc2)cc1. The predicted molar refractivity (Wildman–Crippen MR) is 85.4 cm³/mol. The maximum absolute atomic E-state index is 10.4. The first-order valence-electron chi connectivity index (χ1n) is 7.21. The molecule has 3 nitrogen and oxygen atoms in total. The topological polar surface area (TPSA) is 41.5 Å². The summed E-state index contributed by atoms with van der Waals surface area (Å²) < 4.78 is 5.13. The van der Waals surface area contributed by atoms with E-state index < -0.39 is 6.10 Å². The van der Waals surface area contributed by atoms with Crippen LogP contribution < -0.4 is 10.1 Å². The number of nitrogens with one attached hydrogen (secondary N) is 1. The Hall–Kier alpha value is -1.84. The van der Waals surface area contributed by atoms with Gasteiger partial charge in [-0.15, -0.1) is 0 Å². The summed E-state index contributed by atoms with van der Waals surface area (Å²) in [5.74, 6) is 0.797. The van der Waals surface area contributed by atoms with Gasteiger partial charge in [-0.25, -0.2) is 0 Å². The molecule has 0 spiro atoms. The van der Waals surface area contributed by atoms with Gasteiger partial charge < -0.3 is 15.2 Å². The molecule has 0 saturated heterocycles. The first-order chi connectivity index (χ1) is 10.1. The fraction of sp³-hybridized carbons (Fsp3) is 0.333. The first-order valence-corrected chi connectivity index (χ1v) is 7.21. The standard InChI is InChI=1S/C18H23NO2/c1-13-4-6-15(7-5-13)12-19-14(2)18(20)16-8-10-17(21-3)11-9-16/h4-11,14,18-20H,12H2,1-3H3. The molecule has 0 aliphatic carbocycles. The highest BCUT2D eigenvalue weighted by Gasteiger charge is 2.15. The van der Waals surface area contributed by atoms with Crippen LogP contribution in [0, 0.1) is 6.92 Å². The van der Waals surface area contributed by atoms with Crippen LogP contribution in [0.3, 0.4) is 0 Å². The van der Waals surface area contributed by atoms with Crippen LogP contribution in [0.15, 0.2) is 48.5 Å². The summed E-state index contributed by atoms with van der Waals surface area (Å²) in [5.41, 5.74) is 3.36. The molecular weight excluding hydrogens is 262 g/mol. The quantitative estimate of drug-likeness (QED) is 0.856. The predicted octanol–water partition coefficient (Wildman–Crippen LogP) is 3.22. The van der Waals surface area contributed by atoms with Gasteiger partial charge >= 0.3 is 0 Å². The van der Waals surface area contributed by atoms with E-state index in [0.717, 1.165) is 17.9 Å². The van der Waals surface area contributed by atoms with Crippen molar-refractivity contribution in [3.05, 3.63) is 65.2 Å². The lowest BCUT2D eigenvalue weighted by molar-refractivity contribution is 0.135. The number of aliphatic hydroxyl groups excluding tert-OH is 1. The van der Waals surface area contributed by atoms with Gasteiger partial charge in [0.05, 0.1) is 13.2 Å². The van der Waals surface area contributed by atoms with E-state index in [1.807, 2.05) is 31.2 Å².